The van der Waals surface area contributed by atoms with E-state index < -0.39 is 0 Å². The lowest BCUT2D eigenvalue weighted by atomic mass is 10.1. The smallest absolute Gasteiger partial charge is 0.233 e. The molecule has 2 nitrogen and oxygen atoms in total. The van der Waals surface area contributed by atoms with Gasteiger partial charge < -0.3 is 5.32 Å². The predicted molar refractivity (Wildman–Crippen MR) is 62.6 cm³/mol. The Balaban J connectivity index is 2.26. The largest absolute Gasteiger partial charge is 0.352 e. The Morgan fingerprint density at radius 3 is 2.50 bits per heavy atom. The highest BCUT2D eigenvalue weighted by Gasteiger charge is 2.26. The maximum Gasteiger partial charge on any atom is 0.233 e. The third kappa shape index (κ3) is 3.99. The normalized spacial score (nSPS) is 20.2. The predicted octanol–water partition coefficient (Wildman–Crippen LogP) is 2.85. The molecule has 2 unspecified atom stereocenters. The summed E-state index contributed by atoms with van der Waals surface area (Å²) in [6, 6.07) is 0.390. The van der Waals surface area contributed by atoms with E-state index in [0.717, 1.165) is 18.8 Å². The quantitative estimate of drug-likeness (QED) is 0.733. The van der Waals surface area contributed by atoms with Crippen molar-refractivity contribution in [3.05, 3.63) is 0 Å². The molecule has 1 rings (SSSR count). The minimum Gasteiger partial charge on any atom is -0.352 e. The molecular formula is C11H20BrNO. The first-order chi connectivity index (χ1) is 6.67. The molecule has 0 aromatic carbocycles. The van der Waals surface area contributed by atoms with Crippen molar-refractivity contribution in [2.75, 3.05) is 0 Å². The molecule has 0 spiro atoms. The molecule has 2 atom stereocenters. The molecule has 0 heterocycles. The van der Waals surface area contributed by atoms with Crippen LogP contribution in [-0.4, -0.2) is 16.8 Å². The van der Waals surface area contributed by atoms with Gasteiger partial charge in [-0.15, -0.1) is 0 Å². The molecule has 0 bridgehead atoms. The van der Waals surface area contributed by atoms with Gasteiger partial charge in [-0.05, 0) is 25.2 Å². The van der Waals surface area contributed by atoms with E-state index in [4.69, 9.17) is 0 Å². The van der Waals surface area contributed by atoms with Gasteiger partial charge in [-0.1, -0.05) is 42.6 Å². The summed E-state index contributed by atoms with van der Waals surface area (Å²) in [6.45, 7) is 4.16. The lowest BCUT2D eigenvalue weighted by molar-refractivity contribution is -0.121. The lowest BCUT2D eigenvalue weighted by Gasteiger charge is -2.18. The van der Waals surface area contributed by atoms with Gasteiger partial charge in [0, 0.05) is 6.04 Å². The molecule has 1 N–H and O–H groups in total. The Bertz CT molecular complexity index is 192. The average Bonchev–Trinajstić information content (AvgIpc) is 2.99. The van der Waals surface area contributed by atoms with Crippen molar-refractivity contribution >= 4 is 21.8 Å². The number of nitrogens with one attached hydrogen (secondary N) is 1. The van der Waals surface area contributed by atoms with Crippen molar-refractivity contribution in [3.63, 3.8) is 0 Å². The van der Waals surface area contributed by atoms with Gasteiger partial charge in [0.05, 0.1) is 4.83 Å². The van der Waals surface area contributed by atoms with Gasteiger partial charge in [0.25, 0.3) is 0 Å². The molecule has 0 aromatic heterocycles. The first kappa shape index (κ1) is 12.0. The monoisotopic (exact) mass is 261 g/mol. The number of hydrogen-bond acceptors (Lipinski definition) is 1. The van der Waals surface area contributed by atoms with Crippen LogP contribution in [0.15, 0.2) is 0 Å². The third-order valence-corrected chi connectivity index (χ3v) is 3.86. The number of amides is 1. The van der Waals surface area contributed by atoms with E-state index in [1.807, 2.05) is 6.92 Å². The van der Waals surface area contributed by atoms with Gasteiger partial charge in [0.15, 0.2) is 0 Å². The van der Waals surface area contributed by atoms with Crippen LogP contribution in [0.1, 0.15) is 46.0 Å². The molecule has 1 amide bonds. The molecule has 0 saturated heterocycles. The maximum atomic E-state index is 11.6. The van der Waals surface area contributed by atoms with Crippen LogP contribution < -0.4 is 5.32 Å². The highest BCUT2D eigenvalue weighted by molar-refractivity contribution is 9.10. The van der Waals surface area contributed by atoms with Gasteiger partial charge in [0.2, 0.25) is 5.91 Å². The van der Waals surface area contributed by atoms with Crippen molar-refractivity contribution < 1.29 is 4.79 Å². The van der Waals surface area contributed by atoms with E-state index in [-0.39, 0.29) is 10.7 Å². The van der Waals surface area contributed by atoms with Crippen molar-refractivity contribution in [3.8, 4) is 0 Å². The molecular weight excluding hydrogens is 242 g/mol. The minimum absolute atomic E-state index is 0.0178. The molecule has 1 aliphatic rings. The zero-order chi connectivity index (χ0) is 10.6. The van der Waals surface area contributed by atoms with Gasteiger partial charge in [-0.25, -0.2) is 0 Å². The fourth-order valence-corrected chi connectivity index (χ4v) is 1.69. The topological polar surface area (TPSA) is 29.1 Å². The van der Waals surface area contributed by atoms with E-state index in [1.54, 1.807) is 0 Å². The van der Waals surface area contributed by atoms with Crippen molar-refractivity contribution in [1.82, 2.24) is 5.32 Å². The van der Waals surface area contributed by atoms with Crippen LogP contribution in [-0.2, 0) is 4.79 Å². The summed E-state index contributed by atoms with van der Waals surface area (Å²) in [5.41, 5.74) is 0. The van der Waals surface area contributed by atoms with Gasteiger partial charge in [-0.3, -0.25) is 4.79 Å². The zero-order valence-corrected chi connectivity index (χ0v) is 10.6. The standard InChI is InChI=1S/C11H20BrNO/c1-3-9(7-8-5-6-8)13-11(14)10(12)4-2/h8-10H,3-7H2,1-2H3,(H,13,14). The SMILES string of the molecule is CCC(CC1CC1)NC(=O)C(Br)CC. The molecule has 3 heteroatoms. The Labute approximate surface area is 95.0 Å². The van der Waals surface area contributed by atoms with Crippen molar-refractivity contribution in [2.45, 2.75) is 56.8 Å². The van der Waals surface area contributed by atoms with Crippen LogP contribution in [0, 0.1) is 5.92 Å². The molecule has 0 radical (unpaired) electrons. The Hall–Kier alpha value is -0.0500. The summed E-state index contributed by atoms with van der Waals surface area (Å²) in [5.74, 6) is 1.04. The summed E-state index contributed by atoms with van der Waals surface area (Å²) in [5, 5.41) is 3.10. The number of carbonyl (C=O) groups is 1. The van der Waals surface area contributed by atoms with E-state index in [2.05, 4.69) is 28.2 Å². The van der Waals surface area contributed by atoms with Crippen LogP contribution in [0.4, 0.5) is 0 Å². The zero-order valence-electron chi connectivity index (χ0n) is 9.05. The summed E-state index contributed by atoms with van der Waals surface area (Å²) in [4.78, 5) is 11.6. The number of hydrogen-bond donors (Lipinski definition) is 1. The van der Waals surface area contributed by atoms with Crippen LogP contribution in [0.3, 0.4) is 0 Å². The average molecular weight is 262 g/mol. The van der Waals surface area contributed by atoms with E-state index in [9.17, 15) is 4.79 Å². The minimum atomic E-state index is -0.0178. The second-order valence-electron chi connectivity index (χ2n) is 4.17. The Morgan fingerprint density at radius 2 is 2.07 bits per heavy atom. The molecule has 82 valence electrons. The molecule has 14 heavy (non-hydrogen) atoms. The summed E-state index contributed by atoms with van der Waals surface area (Å²) >= 11 is 3.37. The highest BCUT2D eigenvalue weighted by atomic mass is 79.9. The van der Waals surface area contributed by atoms with E-state index in [1.165, 1.54) is 19.3 Å². The van der Waals surface area contributed by atoms with Crippen molar-refractivity contribution in [2.24, 2.45) is 5.92 Å². The van der Waals surface area contributed by atoms with Crippen LogP contribution in [0.25, 0.3) is 0 Å². The van der Waals surface area contributed by atoms with Crippen molar-refractivity contribution in [1.29, 1.82) is 0 Å². The third-order valence-electron chi connectivity index (χ3n) is 2.80. The summed E-state index contributed by atoms with van der Waals surface area (Å²) in [7, 11) is 0. The lowest BCUT2D eigenvalue weighted by Crippen LogP contribution is -2.39. The fraction of sp³-hybridized carbons (Fsp3) is 0.909. The summed E-state index contributed by atoms with van der Waals surface area (Å²) < 4.78 is 0. The van der Waals surface area contributed by atoms with Crippen LogP contribution in [0.2, 0.25) is 0 Å². The first-order valence-corrected chi connectivity index (χ1v) is 6.53. The number of rotatable bonds is 6. The van der Waals surface area contributed by atoms with Crippen LogP contribution in [0.5, 0.6) is 0 Å². The van der Waals surface area contributed by atoms with E-state index in [0.29, 0.717) is 6.04 Å². The maximum absolute atomic E-state index is 11.6. The van der Waals surface area contributed by atoms with Crippen LogP contribution >= 0.6 is 15.9 Å². The van der Waals surface area contributed by atoms with Gasteiger partial charge >= 0.3 is 0 Å². The number of carbonyl (C=O) groups excluding carboxylic acids is 1. The van der Waals surface area contributed by atoms with E-state index >= 15 is 0 Å². The first-order valence-electron chi connectivity index (χ1n) is 5.61. The highest BCUT2D eigenvalue weighted by Crippen LogP contribution is 2.34. The molecule has 1 fully saturated rings. The fourth-order valence-electron chi connectivity index (χ4n) is 1.56. The second-order valence-corrected chi connectivity index (χ2v) is 5.27. The van der Waals surface area contributed by atoms with Gasteiger partial charge in [0.1, 0.15) is 0 Å². The Kier molecular flexibility index (Phi) is 4.93. The Morgan fingerprint density at radius 1 is 1.43 bits per heavy atom. The van der Waals surface area contributed by atoms with Gasteiger partial charge in [-0.2, -0.15) is 0 Å². The second kappa shape index (κ2) is 5.74. The molecule has 0 aromatic rings. The number of halogens is 1. The molecule has 0 aliphatic heterocycles. The summed E-state index contributed by atoms with van der Waals surface area (Å²) in [6.07, 6.45) is 5.79. The molecule has 1 aliphatic carbocycles. The molecule has 1 saturated carbocycles. The number of alkyl halides is 1.